The molecule has 0 bridgehead atoms. The van der Waals surface area contributed by atoms with Gasteiger partial charge in [-0.2, -0.15) is 0 Å². The molecule has 0 fully saturated rings. The number of rotatable bonds is 47. The molecule has 0 heterocycles. The molecule has 1 amide bonds. The van der Waals surface area contributed by atoms with Crippen molar-refractivity contribution in [1.82, 2.24) is 5.32 Å². The minimum Gasteiger partial charge on any atom is -0.462 e. The van der Waals surface area contributed by atoms with Crippen molar-refractivity contribution in [1.29, 1.82) is 0 Å². The van der Waals surface area contributed by atoms with Gasteiger partial charge in [0.2, 0.25) is 5.91 Å². The van der Waals surface area contributed by atoms with E-state index < -0.39 is 18.2 Å². The maximum Gasteiger partial charge on any atom is 0.306 e. The minimum absolute atomic E-state index is 0.0630. The summed E-state index contributed by atoms with van der Waals surface area (Å²) in [5.41, 5.74) is 0. The van der Waals surface area contributed by atoms with Crippen LogP contribution in [0.3, 0.4) is 0 Å². The van der Waals surface area contributed by atoms with Gasteiger partial charge in [0, 0.05) is 6.42 Å². The van der Waals surface area contributed by atoms with Crippen LogP contribution in [0.25, 0.3) is 0 Å². The van der Waals surface area contributed by atoms with E-state index in [1.165, 1.54) is 116 Å². The highest BCUT2D eigenvalue weighted by Crippen LogP contribution is 2.18. The van der Waals surface area contributed by atoms with Crippen LogP contribution in [-0.2, 0) is 14.3 Å². The fraction of sp³-hybridized carbons (Fsp3) is 0.786. The summed E-state index contributed by atoms with van der Waals surface area (Å²) in [4.78, 5) is 26.2. The van der Waals surface area contributed by atoms with Crippen molar-refractivity contribution in [2.24, 2.45) is 0 Å². The average Bonchev–Trinajstić information content (AvgIpc) is 3.26. The van der Waals surface area contributed by atoms with Crippen LogP contribution >= 0.6 is 0 Å². The minimum atomic E-state index is -0.795. The highest BCUT2D eigenvalue weighted by Gasteiger charge is 2.24. The molecule has 3 N–H and O–H groups in total. The van der Waals surface area contributed by atoms with Gasteiger partial charge < -0.3 is 20.3 Å². The van der Waals surface area contributed by atoms with Crippen LogP contribution in [0.15, 0.2) is 60.8 Å². The van der Waals surface area contributed by atoms with Crippen molar-refractivity contribution in [2.45, 2.75) is 277 Å². The summed E-state index contributed by atoms with van der Waals surface area (Å²) in [6.45, 7) is 6.33. The zero-order valence-electron chi connectivity index (χ0n) is 41.0. The molecule has 6 nitrogen and oxygen atoms in total. The molecule has 0 spiro atoms. The predicted octanol–water partition coefficient (Wildman–Crippen LogP) is 16.0. The Balaban J connectivity index is 4.62. The van der Waals surface area contributed by atoms with Crippen molar-refractivity contribution < 1.29 is 24.5 Å². The third kappa shape index (κ3) is 44.2. The number of allylic oxidation sites excluding steroid dienone is 10. The van der Waals surface area contributed by atoms with Crippen molar-refractivity contribution in [3.05, 3.63) is 60.8 Å². The van der Waals surface area contributed by atoms with E-state index in [-0.39, 0.29) is 24.9 Å². The van der Waals surface area contributed by atoms with Crippen LogP contribution in [0.4, 0.5) is 0 Å². The summed E-state index contributed by atoms with van der Waals surface area (Å²) < 4.78 is 5.93. The van der Waals surface area contributed by atoms with E-state index in [0.29, 0.717) is 19.3 Å². The molecule has 0 aliphatic carbocycles. The molecule has 3 unspecified atom stereocenters. The van der Waals surface area contributed by atoms with Gasteiger partial charge in [-0.05, 0) is 77.0 Å². The van der Waals surface area contributed by atoms with Crippen molar-refractivity contribution >= 4 is 11.9 Å². The molecular weight excluding hydrogens is 767 g/mol. The molecule has 62 heavy (non-hydrogen) atoms. The van der Waals surface area contributed by atoms with E-state index >= 15 is 0 Å². The maximum atomic E-state index is 13.2. The third-order valence-electron chi connectivity index (χ3n) is 11.9. The summed E-state index contributed by atoms with van der Waals surface area (Å²) in [6.07, 6.45) is 61.3. The van der Waals surface area contributed by atoms with Crippen LogP contribution < -0.4 is 5.32 Å². The van der Waals surface area contributed by atoms with Crippen molar-refractivity contribution in [3.8, 4) is 0 Å². The molecule has 6 heteroatoms. The smallest absolute Gasteiger partial charge is 0.306 e. The van der Waals surface area contributed by atoms with Crippen LogP contribution in [0.1, 0.15) is 258 Å². The first-order valence-electron chi connectivity index (χ1n) is 26.5. The first-order chi connectivity index (χ1) is 30.5. The zero-order chi connectivity index (χ0) is 45.2. The van der Waals surface area contributed by atoms with Gasteiger partial charge in [0.15, 0.2) is 0 Å². The fourth-order valence-electron chi connectivity index (χ4n) is 7.87. The van der Waals surface area contributed by atoms with Gasteiger partial charge in [-0.25, -0.2) is 0 Å². The average molecular weight is 868 g/mol. The lowest BCUT2D eigenvalue weighted by molar-refractivity contribution is -0.151. The van der Waals surface area contributed by atoms with E-state index in [0.717, 1.165) is 96.3 Å². The largest absolute Gasteiger partial charge is 0.462 e. The number of aliphatic hydroxyl groups is 2. The van der Waals surface area contributed by atoms with Gasteiger partial charge in [0.1, 0.15) is 6.10 Å². The molecule has 0 aliphatic heterocycles. The quantitative estimate of drug-likeness (QED) is 0.0245. The zero-order valence-corrected chi connectivity index (χ0v) is 41.0. The third-order valence-corrected chi connectivity index (χ3v) is 11.9. The predicted molar refractivity (Wildman–Crippen MR) is 268 cm³/mol. The first kappa shape index (κ1) is 59.6. The van der Waals surface area contributed by atoms with Crippen molar-refractivity contribution in [3.63, 3.8) is 0 Å². The SMILES string of the molecule is CC/C=C/C=C/C=C\CCCCCCCC(=O)OC(CCCCCCCCC/C=C\C/C=C\CCCCC)CC(=O)NC(CO)C(O)CCCCCCCCCCCCCCC. The fourth-order valence-corrected chi connectivity index (χ4v) is 7.87. The number of hydrogen-bond acceptors (Lipinski definition) is 5. The summed E-state index contributed by atoms with van der Waals surface area (Å²) >= 11 is 0. The van der Waals surface area contributed by atoms with Gasteiger partial charge in [-0.1, -0.05) is 229 Å². The summed E-state index contributed by atoms with van der Waals surface area (Å²) in [5, 5.41) is 23.8. The Morgan fingerprint density at radius 2 is 0.935 bits per heavy atom. The number of esters is 1. The molecule has 0 aromatic heterocycles. The first-order valence-corrected chi connectivity index (χ1v) is 26.5. The molecule has 0 aromatic rings. The second-order valence-electron chi connectivity index (χ2n) is 18.0. The summed E-state index contributed by atoms with van der Waals surface area (Å²) in [5.74, 6) is -0.502. The van der Waals surface area contributed by atoms with Gasteiger partial charge >= 0.3 is 5.97 Å². The van der Waals surface area contributed by atoms with E-state index in [2.05, 4.69) is 86.8 Å². The maximum absolute atomic E-state index is 13.2. The monoisotopic (exact) mass is 868 g/mol. The molecule has 0 aromatic carbocycles. The molecule has 0 aliphatic rings. The number of carbonyl (C=O) groups excluding carboxylic acids is 2. The van der Waals surface area contributed by atoms with Gasteiger partial charge in [-0.3, -0.25) is 9.59 Å². The topological polar surface area (TPSA) is 95.9 Å². The molecule has 3 atom stereocenters. The number of ether oxygens (including phenoxy) is 1. The van der Waals surface area contributed by atoms with Gasteiger partial charge in [0.25, 0.3) is 0 Å². The lowest BCUT2D eigenvalue weighted by atomic mass is 10.0. The van der Waals surface area contributed by atoms with Crippen LogP contribution in [-0.4, -0.2) is 46.9 Å². The van der Waals surface area contributed by atoms with E-state index in [9.17, 15) is 19.8 Å². The Morgan fingerprint density at radius 1 is 0.500 bits per heavy atom. The molecule has 360 valence electrons. The van der Waals surface area contributed by atoms with Crippen molar-refractivity contribution in [2.75, 3.05) is 6.61 Å². The number of nitrogens with one attached hydrogen (secondary N) is 1. The summed E-state index contributed by atoms with van der Waals surface area (Å²) in [7, 11) is 0. The van der Waals surface area contributed by atoms with E-state index in [1.807, 2.05) is 0 Å². The number of carbonyl (C=O) groups is 2. The van der Waals surface area contributed by atoms with E-state index in [4.69, 9.17) is 4.74 Å². The normalized spacial score (nSPS) is 13.7. The molecule has 0 rings (SSSR count). The number of amides is 1. The Bertz CT molecular complexity index is 1110. The summed E-state index contributed by atoms with van der Waals surface area (Å²) in [6, 6.07) is -0.710. The molecule has 0 saturated carbocycles. The Hall–Kier alpha value is -2.44. The molecular formula is C56H101NO5. The standard InChI is InChI=1S/C56H101NO5/c1-4-7-10-13-16-19-22-25-26-27-28-31-32-35-38-41-44-47-52(62-56(61)49-46-43-40-37-34-30-24-21-18-15-12-9-6-3)50-55(60)57-53(51-58)54(59)48-45-42-39-36-33-29-23-20-17-14-11-8-5-2/h9,12,15-16,18-19,21,24-26,52-54,58-59H,4-8,10-11,13-14,17,20,22-23,27-51H2,1-3H3,(H,57,60)/b12-9+,18-15+,19-16-,24-21-,26-25-. The lowest BCUT2D eigenvalue weighted by Crippen LogP contribution is -2.46. The lowest BCUT2D eigenvalue weighted by Gasteiger charge is -2.24. The second kappa shape index (κ2) is 49.6. The van der Waals surface area contributed by atoms with Crippen LogP contribution in [0, 0.1) is 0 Å². The highest BCUT2D eigenvalue weighted by atomic mass is 16.5. The highest BCUT2D eigenvalue weighted by molar-refractivity contribution is 5.77. The Kier molecular flexibility index (Phi) is 47.6. The van der Waals surface area contributed by atoms with Gasteiger partial charge in [-0.15, -0.1) is 0 Å². The van der Waals surface area contributed by atoms with Gasteiger partial charge in [0.05, 0.1) is 25.2 Å². The Labute approximate surface area is 384 Å². The van der Waals surface area contributed by atoms with Crippen LogP contribution in [0.5, 0.6) is 0 Å². The van der Waals surface area contributed by atoms with Crippen LogP contribution in [0.2, 0.25) is 0 Å². The number of aliphatic hydroxyl groups excluding tert-OH is 2. The molecule has 0 radical (unpaired) electrons. The van der Waals surface area contributed by atoms with E-state index in [1.54, 1.807) is 0 Å². The molecule has 0 saturated heterocycles. The number of hydrogen-bond donors (Lipinski definition) is 3. The Morgan fingerprint density at radius 3 is 1.47 bits per heavy atom. The number of unbranched alkanes of at least 4 members (excludes halogenated alkanes) is 27. The second-order valence-corrected chi connectivity index (χ2v) is 18.0.